The number of benzene rings is 2. The smallest absolute Gasteiger partial charge is 0.131 e. The molecular weight excluding hydrogens is 248 g/mol. The van der Waals surface area contributed by atoms with Crippen LogP contribution in [-0.2, 0) is 17.9 Å². The lowest BCUT2D eigenvalue weighted by atomic mass is 10.1. The molecule has 0 amide bonds. The van der Waals surface area contributed by atoms with Crippen molar-refractivity contribution in [2.75, 3.05) is 12.4 Å². The SMILES string of the molecule is COCc1cccc(NCc2c(F)cccc2F)c1. The summed E-state index contributed by atoms with van der Waals surface area (Å²) in [7, 11) is 1.62. The van der Waals surface area contributed by atoms with Crippen LogP contribution in [0.3, 0.4) is 0 Å². The van der Waals surface area contributed by atoms with Gasteiger partial charge in [0.15, 0.2) is 0 Å². The summed E-state index contributed by atoms with van der Waals surface area (Å²) in [5, 5.41) is 3.01. The van der Waals surface area contributed by atoms with E-state index in [4.69, 9.17) is 4.74 Å². The number of anilines is 1. The molecule has 0 spiro atoms. The maximum atomic E-state index is 13.5. The van der Waals surface area contributed by atoms with Crippen molar-refractivity contribution < 1.29 is 13.5 Å². The molecule has 1 N–H and O–H groups in total. The van der Waals surface area contributed by atoms with Crippen molar-refractivity contribution in [1.82, 2.24) is 0 Å². The van der Waals surface area contributed by atoms with Crippen LogP contribution in [0, 0.1) is 11.6 Å². The number of halogens is 2. The standard InChI is InChI=1S/C15H15F2NO/c1-19-10-11-4-2-5-12(8-11)18-9-13-14(16)6-3-7-15(13)17/h2-8,18H,9-10H2,1H3. The minimum Gasteiger partial charge on any atom is -0.381 e. The van der Waals surface area contributed by atoms with Gasteiger partial charge in [0.1, 0.15) is 11.6 Å². The summed E-state index contributed by atoms with van der Waals surface area (Å²) in [5.41, 5.74) is 1.85. The molecule has 0 atom stereocenters. The summed E-state index contributed by atoms with van der Waals surface area (Å²) in [6.45, 7) is 0.610. The lowest BCUT2D eigenvalue weighted by molar-refractivity contribution is 0.185. The molecule has 19 heavy (non-hydrogen) atoms. The molecule has 0 saturated carbocycles. The second-order valence-electron chi connectivity index (χ2n) is 4.19. The van der Waals surface area contributed by atoms with Crippen molar-refractivity contribution in [3.63, 3.8) is 0 Å². The number of nitrogens with one attached hydrogen (secondary N) is 1. The third kappa shape index (κ3) is 3.51. The Morgan fingerprint density at radius 3 is 2.42 bits per heavy atom. The quantitative estimate of drug-likeness (QED) is 0.887. The number of hydrogen-bond acceptors (Lipinski definition) is 2. The first-order valence-corrected chi connectivity index (χ1v) is 5.95. The number of rotatable bonds is 5. The fraction of sp³-hybridized carbons (Fsp3) is 0.200. The topological polar surface area (TPSA) is 21.3 Å². The average molecular weight is 263 g/mol. The van der Waals surface area contributed by atoms with Gasteiger partial charge < -0.3 is 10.1 Å². The van der Waals surface area contributed by atoms with Gasteiger partial charge in [-0.3, -0.25) is 0 Å². The van der Waals surface area contributed by atoms with Gasteiger partial charge in [-0.2, -0.15) is 0 Å². The molecule has 0 radical (unpaired) electrons. The number of ether oxygens (including phenoxy) is 1. The van der Waals surface area contributed by atoms with Gasteiger partial charge in [-0.25, -0.2) is 8.78 Å². The molecule has 0 aliphatic heterocycles. The van der Waals surface area contributed by atoms with Gasteiger partial charge in [0.2, 0.25) is 0 Å². The van der Waals surface area contributed by atoms with E-state index in [0.29, 0.717) is 6.61 Å². The van der Waals surface area contributed by atoms with Crippen molar-refractivity contribution in [2.45, 2.75) is 13.2 Å². The Labute approximate surface area is 111 Å². The zero-order valence-corrected chi connectivity index (χ0v) is 10.6. The van der Waals surface area contributed by atoms with E-state index in [1.54, 1.807) is 7.11 Å². The number of hydrogen-bond donors (Lipinski definition) is 1. The zero-order chi connectivity index (χ0) is 13.7. The van der Waals surface area contributed by atoms with Crippen molar-refractivity contribution in [2.24, 2.45) is 0 Å². The van der Waals surface area contributed by atoms with Crippen LogP contribution in [0.25, 0.3) is 0 Å². The lowest BCUT2D eigenvalue weighted by Gasteiger charge is -2.09. The summed E-state index contributed by atoms with van der Waals surface area (Å²) >= 11 is 0. The largest absolute Gasteiger partial charge is 0.381 e. The van der Waals surface area contributed by atoms with E-state index in [9.17, 15) is 8.78 Å². The van der Waals surface area contributed by atoms with Crippen molar-refractivity contribution in [1.29, 1.82) is 0 Å². The molecule has 2 rings (SSSR count). The van der Waals surface area contributed by atoms with Crippen LogP contribution in [-0.4, -0.2) is 7.11 Å². The van der Waals surface area contributed by atoms with Crippen LogP contribution in [0.5, 0.6) is 0 Å². The molecule has 0 heterocycles. The van der Waals surface area contributed by atoms with Gasteiger partial charge in [-0.15, -0.1) is 0 Å². The molecule has 0 bridgehead atoms. The Kier molecular flexibility index (Phi) is 4.47. The minimum absolute atomic E-state index is 0.0413. The average Bonchev–Trinajstić information content (AvgIpc) is 2.39. The molecule has 0 fully saturated rings. The van der Waals surface area contributed by atoms with Gasteiger partial charge in [-0.05, 0) is 29.8 Å². The Bertz CT molecular complexity index is 537. The zero-order valence-electron chi connectivity index (χ0n) is 10.6. The Morgan fingerprint density at radius 1 is 1.05 bits per heavy atom. The van der Waals surface area contributed by atoms with Crippen molar-refractivity contribution in [3.8, 4) is 0 Å². The molecular formula is C15H15F2NO. The monoisotopic (exact) mass is 263 g/mol. The molecule has 0 saturated heterocycles. The highest BCUT2D eigenvalue weighted by Crippen LogP contribution is 2.16. The van der Waals surface area contributed by atoms with Crippen LogP contribution in [0.4, 0.5) is 14.5 Å². The normalized spacial score (nSPS) is 10.5. The highest BCUT2D eigenvalue weighted by molar-refractivity contribution is 5.46. The molecule has 100 valence electrons. The lowest BCUT2D eigenvalue weighted by Crippen LogP contribution is -2.04. The van der Waals surface area contributed by atoms with Gasteiger partial charge in [-0.1, -0.05) is 18.2 Å². The second kappa shape index (κ2) is 6.29. The van der Waals surface area contributed by atoms with E-state index in [2.05, 4.69) is 5.32 Å². The van der Waals surface area contributed by atoms with Crippen LogP contribution in [0.2, 0.25) is 0 Å². The minimum atomic E-state index is -0.541. The predicted octanol–water partition coefficient (Wildman–Crippen LogP) is 3.72. The van der Waals surface area contributed by atoms with E-state index in [1.807, 2.05) is 24.3 Å². The van der Waals surface area contributed by atoms with Crippen molar-refractivity contribution >= 4 is 5.69 Å². The Balaban J connectivity index is 2.08. The fourth-order valence-corrected chi connectivity index (χ4v) is 1.83. The van der Waals surface area contributed by atoms with E-state index in [0.717, 1.165) is 11.3 Å². The summed E-state index contributed by atoms with van der Waals surface area (Å²) < 4.78 is 31.9. The van der Waals surface area contributed by atoms with Gasteiger partial charge in [0.25, 0.3) is 0 Å². The van der Waals surface area contributed by atoms with Crippen molar-refractivity contribution in [3.05, 3.63) is 65.2 Å². The summed E-state index contributed by atoms with van der Waals surface area (Å²) in [6.07, 6.45) is 0. The van der Waals surface area contributed by atoms with E-state index < -0.39 is 11.6 Å². The van der Waals surface area contributed by atoms with Crippen LogP contribution < -0.4 is 5.32 Å². The predicted molar refractivity (Wildman–Crippen MR) is 70.8 cm³/mol. The van der Waals surface area contributed by atoms with Gasteiger partial charge in [0, 0.05) is 24.9 Å². The van der Waals surface area contributed by atoms with E-state index in [1.165, 1.54) is 18.2 Å². The number of methoxy groups -OCH3 is 1. The first-order valence-electron chi connectivity index (χ1n) is 5.95. The molecule has 0 aliphatic carbocycles. The Morgan fingerprint density at radius 2 is 1.74 bits per heavy atom. The highest BCUT2D eigenvalue weighted by Gasteiger charge is 2.07. The van der Waals surface area contributed by atoms with E-state index >= 15 is 0 Å². The van der Waals surface area contributed by atoms with Gasteiger partial charge in [0.05, 0.1) is 6.61 Å². The summed E-state index contributed by atoms with van der Waals surface area (Å²) in [6, 6.07) is 11.4. The molecule has 2 aromatic rings. The van der Waals surface area contributed by atoms with Crippen LogP contribution in [0.15, 0.2) is 42.5 Å². The maximum absolute atomic E-state index is 13.5. The molecule has 0 aromatic heterocycles. The molecule has 0 unspecified atom stereocenters. The second-order valence-corrected chi connectivity index (χ2v) is 4.19. The van der Waals surface area contributed by atoms with Crippen LogP contribution >= 0.6 is 0 Å². The molecule has 0 aliphatic rings. The third-order valence-corrected chi connectivity index (χ3v) is 2.77. The highest BCUT2D eigenvalue weighted by atomic mass is 19.1. The summed E-state index contributed by atoms with van der Waals surface area (Å²) in [5.74, 6) is -1.08. The first-order chi connectivity index (χ1) is 9.20. The van der Waals surface area contributed by atoms with Gasteiger partial charge >= 0.3 is 0 Å². The third-order valence-electron chi connectivity index (χ3n) is 2.77. The fourth-order valence-electron chi connectivity index (χ4n) is 1.83. The molecule has 2 aromatic carbocycles. The van der Waals surface area contributed by atoms with Crippen LogP contribution in [0.1, 0.15) is 11.1 Å². The van der Waals surface area contributed by atoms with E-state index in [-0.39, 0.29) is 12.1 Å². The maximum Gasteiger partial charge on any atom is 0.131 e. The summed E-state index contributed by atoms with van der Waals surface area (Å²) in [4.78, 5) is 0. The molecule has 4 heteroatoms. The first kappa shape index (κ1) is 13.5. The molecule has 2 nitrogen and oxygen atoms in total. The Hall–Kier alpha value is -1.94.